The second-order valence-corrected chi connectivity index (χ2v) is 14.7. The molecule has 0 heterocycles. The molecule has 4 nitrogen and oxygen atoms in total. The highest BCUT2D eigenvalue weighted by Gasteiger charge is 2.42. The Balaban J connectivity index is 3.11. The summed E-state index contributed by atoms with van der Waals surface area (Å²) in [6.07, 6.45) is 4.87. The van der Waals surface area contributed by atoms with E-state index in [1.54, 1.807) is 0 Å². The van der Waals surface area contributed by atoms with Crippen LogP contribution in [-0.2, 0) is 25.3 Å². The molecule has 1 aromatic rings. The van der Waals surface area contributed by atoms with Crippen LogP contribution < -0.4 is 0 Å². The zero-order chi connectivity index (χ0) is 22.8. The lowest BCUT2D eigenvalue weighted by molar-refractivity contribution is -0.141. The van der Waals surface area contributed by atoms with E-state index >= 15 is 0 Å². The molecule has 1 rings (SSSR count). The molecule has 30 heavy (non-hydrogen) atoms. The molecule has 0 aliphatic heterocycles. The van der Waals surface area contributed by atoms with E-state index in [9.17, 15) is 4.79 Å². The summed E-state index contributed by atoms with van der Waals surface area (Å²) in [7, 11) is -0.616. The van der Waals surface area contributed by atoms with Gasteiger partial charge in [0.05, 0.1) is 19.8 Å². The molecule has 0 N–H and O–H groups in total. The Kier molecular flexibility index (Phi) is 11.5. The lowest BCUT2D eigenvalue weighted by atomic mass is 9.94. The molecule has 0 radical (unpaired) electrons. The Morgan fingerprint density at radius 1 is 1.20 bits per heavy atom. The third-order valence-corrected chi connectivity index (χ3v) is 10.7. The van der Waals surface area contributed by atoms with Gasteiger partial charge >= 0.3 is 5.97 Å². The van der Waals surface area contributed by atoms with E-state index in [4.69, 9.17) is 13.9 Å². The number of hydrogen-bond donors (Lipinski definition) is 0. The second-order valence-electron chi connectivity index (χ2n) is 9.28. The molecule has 0 aliphatic rings. The molecule has 0 aromatic heterocycles. The first-order chi connectivity index (χ1) is 14.0. The van der Waals surface area contributed by atoms with Crippen molar-refractivity contribution in [2.75, 3.05) is 12.4 Å². The van der Waals surface area contributed by atoms with Crippen LogP contribution in [0.25, 0.3) is 0 Å². The van der Waals surface area contributed by atoms with Gasteiger partial charge in [-0.25, -0.2) is 0 Å². The van der Waals surface area contributed by atoms with Gasteiger partial charge in [0.25, 0.3) is 0 Å². The summed E-state index contributed by atoms with van der Waals surface area (Å²) in [6.45, 7) is 13.9. The molecule has 3 atom stereocenters. The van der Waals surface area contributed by atoms with Crippen LogP contribution in [0, 0.1) is 5.92 Å². The fourth-order valence-corrected chi connectivity index (χ4v) is 4.46. The molecule has 0 bridgehead atoms. The van der Waals surface area contributed by atoms with Crippen molar-refractivity contribution in [3.63, 3.8) is 0 Å². The van der Waals surface area contributed by atoms with Gasteiger partial charge in [-0.2, -0.15) is 0 Å². The molecule has 1 aromatic carbocycles. The van der Waals surface area contributed by atoms with E-state index in [1.165, 1.54) is 7.11 Å². The van der Waals surface area contributed by atoms with Crippen molar-refractivity contribution in [1.29, 1.82) is 0 Å². The molecule has 0 aliphatic carbocycles. The van der Waals surface area contributed by atoms with Gasteiger partial charge in [0.1, 0.15) is 6.10 Å². The number of hydrogen-bond acceptors (Lipinski definition) is 4. The average Bonchev–Trinajstić information content (AvgIpc) is 2.70. The van der Waals surface area contributed by atoms with Crippen molar-refractivity contribution >= 4 is 30.2 Å². The normalized spacial score (nSPS) is 15.7. The van der Waals surface area contributed by atoms with Crippen LogP contribution in [0.3, 0.4) is 0 Å². The Morgan fingerprint density at radius 3 is 2.37 bits per heavy atom. The number of carbonyl (C=O) groups excluding carboxylic acids is 1. The Bertz CT molecular complexity index is 655. The fourth-order valence-electron chi connectivity index (χ4n) is 2.85. The van der Waals surface area contributed by atoms with Crippen molar-refractivity contribution in [3.05, 3.63) is 48.0 Å². The van der Waals surface area contributed by atoms with Crippen LogP contribution in [-0.4, -0.2) is 38.9 Å². The molecule has 0 fully saturated rings. The van der Waals surface area contributed by atoms with E-state index in [1.807, 2.05) is 18.2 Å². The van der Waals surface area contributed by atoms with Crippen molar-refractivity contribution in [2.24, 2.45) is 5.92 Å². The number of halogens is 1. The maximum atomic E-state index is 11.7. The van der Waals surface area contributed by atoms with E-state index < -0.39 is 8.32 Å². The number of rotatable bonds is 12. The van der Waals surface area contributed by atoms with E-state index in [0.717, 1.165) is 10.9 Å². The Hall–Kier alpha value is -0.953. The van der Waals surface area contributed by atoms with Crippen LogP contribution in [0.15, 0.2) is 42.5 Å². The number of methoxy groups -OCH3 is 1. The maximum absolute atomic E-state index is 11.7. The number of allylic oxidation sites excluding steroid dienone is 1. The maximum Gasteiger partial charge on any atom is 0.305 e. The number of esters is 1. The van der Waals surface area contributed by atoms with E-state index in [0.29, 0.717) is 19.4 Å². The summed E-state index contributed by atoms with van der Waals surface area (Å²) in [5.74, 6) is -0.0512. The summed E-state index contributed by atoms with van der Waals surface area (Å²) in [5, 5.41) is 0.831. The molecule has 0 spiro atoms. The quantitative estimate of drug-likeness (QED) is 0.143. The molecule has 6 heteroatoms. The predicted octanol–water partition coefficient (Wildman–Crippen LogP) is 6.50. The Morgan fingerprint density at radius 2 is 1.83 bits per heavy atom. The minimum absolute atomic E-state index is 0.0798. The number of benzene rings is 1. The molecule has 0 amide bonds. The Labute approximate surface area is 192 Å². The van der Waals surface area contributed by atoms with Gasteiger partial charge < -0.3 is 13.9 Å². The van der Waals surface area contributed by atoms with E-state index in [-0.39, 0.29) is 29.1 Å². The monoisotopic (exact) mass is 498 g/mol. The lowest BCUT2D eigenvalue weighted by Crippen LogP contribution is -2.49. The molecule has 0 unspecified atom stereocenters. The lowest BCUT2D eigenvalue weighted by Gasteiger charge is -2.43. The van der Waals surface area contributed by atoms with Gasteiger partial charge in [0.2, 0.25) is 0 Å². The molecular formula is C24H39BrO4Si. The minimum atomic E-state index is -2.05. The highest BCUT2D eigenvalue weighted by atomic mass is 79.9. The zero-order valence-corrected chi connectivity index (χ0v) is 22.2. The number of alkyl halides is 1. The third-order valence-electron chi connectivity index (χ3n) is 5.85. The van der Waals surface area contributed by atoms with Gasteiger partial charge in [0, 0.05) is 11.8 Å². The molecular weight excluding hydrogens is 460 g/mol. The highest BCUT2D eigenvalue weighted by Crippen LogP contribution is 2.39. The first-order valence-corrected chi connectivity index (χ1v) is 14.7. The summed E-state index contributed by atoms with van der Waals surface area (Å²) >= 11 is 3.48. The standard InChI is InChI=1S/C24H39BrO4Si/c1-19(15-16-22(26)27-5)23(29-30(6,7)24(2,3)4)21(14-11-17-25)28-18-20-12-9-8-10-13-20/h8-14,19,21,23H,15-18H2,1-7H3/b14-11+/t19-,21-,23-/m1/s1. The SMILES string of the molecule is COC(=O)CC[C@@H](C)[C@@H](O[Si](C)(C)C(C)(C)C)[C@@H](/C=C/CBr)OCc1ccccc1. The second kappa shape index (κ2) is 12.8. The highest BCUT2D eigenvalue weighted by molar-refractivity contribution is 9.09. The molecule has 0 saturated carbocycles. The minimum Gasteiger partial charge on any atom is -0.469 e. The van der Waals surface area contributed by atoms with E-state index in [2.05, 4.69) is 81.0 Å². The number of ether oxygens (including phenoxy) is 2. The van der Waals surface area contributed by atoms with Gasteiger partial charge in [-0.1, -0.05) is 86.1 Å². The molecule has 170 valence electrons. The first kappa shape index (κ1) is 27.1. The van der Waals surface area contributed by atoms with Gasteiger partial charge in [0.15, 0.2) is 8.32 Å². The van der Waals surface area contributed by atoms with Crippen molar-refractivity contribution in [3.8, 4) is 0 Å². The van der Waals surface area contributed by atoms with Gasteiger partial charge in [-0.3, -0.25) is 4.79 Å². The van der Waals surface area contributed by atoms with Crippen LogP contribution in [0.4, 0.5) is 0 Å². The zero-order valence-electron chi connectivity index (χ0n) is 19.6. The summed E-state index contributed by atoms with van der Waals surface area (Å²) in [6, 6.07) is 10.2. The van der Waals surface area contributed by atoms with Gasteiger partial charge in [-0.05, 0) is 36.0 Å². The summed E-state index contributed by atoms with van der Waals surface area (Å²) in [5.41, 5.74) is 1.13. The van der Waals surface area contributed by atoms with Crippen LogP contribution in [0.2, 0.25) is 18.1 Å². The van der Waals surface area contributed by atoms with Crippen LogP contribution in [0.5, 0.6) is 0 Å². The van der Waals surface area contributed by atoms with Crippen molar-refractivity contribution < 1.29 is 18.7 Å². The van der Waals surface area contributed by atoms with Crippen LogP contribution in [0.1, 0.15) is 46.1 Å². The first-order valence-electron chi connectivity index (χ1n) is 10.6. The predicted molar refractivity (Wildman–Crippen MR) is 130 cm³/mol. The van der Waals surface area contributed by atoms with Crippen molar-refractivity contribution in [1.82, 2.24) is 0 Å². The number of carbonyl (C=O) groups is 1. The van der Waals surface area contributed by atoms with Gasteiger partial charge in [-0.15, -0.1) is 0 Å². The molecule has 0 saturated heterocycles. The topological polar surface area (TPSA) is 44.8 Å². The smallest absolute Gasteiger partial charge is 0.305 e. The largest absolute Gasteiger partial charge is 0.469 e. The summed E-state index contributed by atoms with van der Waals surface area (Å²) < 4.78 is 18.1. The third kappa shape index (κ3) is 9.04. The van der Waals surface area contributed by atoms with Crippen molar-refractivity contribution in [2.45, 2.75) is 77.5 Å². The average molecular weight is 500 g/mol. The van der Waals surface area contributed by atoms with Crippen LogP contribution >= 0.6 is 15.9 Å². The summed E-state index contributed by atoms with van der Waals surface area (Å²) in [4.78, 5) is 11.7. The fraction of sp³-hybridized carbons (Fsp3) is 0.625.